The molecule has 2 aromatic carbocycles. The molecule has 4 rings (SSSR count). The highest BCUT2D eigenvalue weighted by molar-refractivity contribution is 8.04. The SMILES string of the molecule is COc1ccc(OCCN2C(=O)C(Sc3ccccc3)=C(c3cccs3)C2=O)cc1. The van der Waals surface area contributed by atoms with Crippen molar-refractivity contribution in [1.82, 2.24) is 4.90 Å². The van der Waals surface area contributed by atoms with E-state index in [2.05, 4.69) is 0 Å². The van der Waals surface area contributed by atoms with Crippen LogP contribution in [0.25, 0.3) is 5.57 Å². The zero-order valence-corrected chi connectivity index (χ0v) is 17.9. The van der Waals surface area contributed by atoms with Crippen molar-refractivity contribution in [3.63, 3.8) is 0 Å². The predicted molar refractivity (Wildman–Crippen MR) is 119 cm³/mol. The van der Waals surface area contributed by atoms with Gasteiger partial charge >= 0.3 is 0 Å². The number of thioether (sulfide) groups is 1. The molecule has 0 atom stereocenters. The maximum absolute atomic E-state index is 13.1. The summed E-state index contributed by atoms with van der Waals surface area (Å²) in [6.45, 7) is 0.391. The van der Waals surface area contributed by atoms with Crippen molar-refractivity contribution in [2.45, 2.75) is 4.90 Å². The lowest BCUT2D eigenvalue weighted by Crippen LogP contribution is -2.35. The van der Waals surface area contributed by atoms with Crippen LogP contribution in [0.5, 0.6) is 11.5 Å². The first kappa shape index (κ1) is 20.3. The van der Waals surface area contributed by atoms with Gasteiger partial charge < -0.3 is 9.47 Å². The predicted octanol–water partition coefficient (Wildman–Crippen LogP) is 4.71. The van der Waals surface area contributed by atoms with E-state index in [-0.39, 0.29) is 25.0 Å². The number of ether oxygens (including phenoxy) is 2. The Bertz CT molecular complexity index is 1060. The molecule has 1 aliphatic heterocycles. The number of methoxy groups -OCH3 is 1. The molecule has 0 N–H and O–H groups in total. The highest BCUT2D eigenvalue weighted by Crippen LogP contribution is 2.40. The van der Waals surface area contributed by atoms with Crippen LogP contribution in [0.15, 0.2) is 81.9 Å². The zero-order valence-electron chi connectivity index (χ0n) is 16.2. The van der Waals surface area contributed by atoms with Gasteiger partial charge in [-0.1, -0.05) is 36.0 Å². The fraction of sp³-hybridized carbons (Fsp3) is 0.130. The van der Waals surface area contributed by atoms with Crippen LogP contribution in [0.2, 0.25) is 0 Å². The van der Waals surface area contributed by atoms with Gasteiger partial charge in [-0.25, -0.2) is 0 Å². The fourth-order valence-electron chi connectivity index (χ4n) is 3.02. The Kier molecular flexibility index (Phi) is 6.21. The van der Waals surface area contributed by atoms with Crippen LogP contribution in [0.1, 0.15) is 4.88 Å². The standard InChI is InChI=1S/C23H19NO4S2/c1-27-16-9-11-17(12-10-16)28-14-13-24-22(25)20(19-8-5-15-29-19)21(23(24)26)30-18-6-3-2-4-7-18/h2-12,15H,13-14H2,1H3. The van der Waals surface area contributed by atoms with Crippen molar-refractivity contribution >= 4 is 40.5 Å². The number of thiophene rings is 1. The summed E-state index contributed by atoms with van der Waals surface area (Å²) in [6, 6.07) is 20.5. The second-order valence-corrected chi connectivity index (χ2v) is 8.41. The summed E-state index contributed by atoms with van der Waals surface area (Å²) in [6.07, 6.45) is 0. The van der Waals surface area contributed by atoms with E-state index in [1.165, 1.54) is 28.0 Å². The molecular weight excluding hydrogens is 418 g/mol. The molecule has 152 valence electrons. The van der Waals surface area contributed by atoms with Crippen LogP contribution in [0.3, 0.4) is 0 Å². The third kappa shape index (κ3) is 4.27. The van der Waals surface area contributed by atoms with Gasteiger partial charge in [-0.3, -0.25) is 14.5 Å². The van der Waals surface area contributed by atoms with Crippen LogP contribution < -0.4 is 9.47 Å². The summed E-state index contributed by atoms with van der Waals surface area (Å²) in [7, 11) is 1.60. The van der Waals surface area contributed by atoms with E-state index < -0.39 is 0 Å². The van der Waals surface area contributed by atoms with Crippen molar-refractivity contribution in [3.05, 3.63) is 81.9 Å². The molecule has 0 spiro atoms. The molecule has 0 aliphatic carbocycles. The maximum Gasteiger partial charge on any atom is 0.268 e. The van der Waals surface area contributed by atoms with Crippen molar-refractivity contribution in [2.24, 2.45) is 0 Å². The normalized spacial score (nSPS) is 13.8. The number of carbonyl (C=O) groups is 2. The van der Waals surface area contributed by atoms with Crippen molar-refractivity contribution in [1.29, 1.82) is 0 Å². The third-order valence-electron chi connectivity index (χ3n) is 4.50. The van der Waals surface area contributed by atoms with Gasteiger partial charge in [-0.05, 0) is 47.8 Å². The molecule has 1 aromatic heterocycles. The van der Waals surface area contributed by atoms with Crippen LogP contribution in [0.4, 0.5) is 0 Å². The summed E-state index contributed by atoms with van der Waals surface area (Å²) >= 11 is 2.78. The molecule has 2 amide bonds. The summed E-state index contributed by atoms with van der Waals surface area (Å²) in [4.78, 5) is 29.7. The minimum Gasteiger partial charge on any atom is -0.497 e. The molecule has 5 nitrogen and oxygen atoms in total. The quantitative estimate of drug-likeness (QED) is 0.478. The number of carbonyl (C=O) groups excluding carboxylic acids is 2. The smallest absolute Gasteiger partial charge is 0.268 e. The Labute approximate surface area is 182 Å². The van der Waals surface area contributed by atoms with Crippen LogP contribution in [0, 0.1) is 0 Å². The van der Waals surface area contributed by atoms with Gasteiger partial charge in [0.1, 0.15) is 18.1 Å². The summed E-state index contributed by atoms with van der Waals surface area (Å²) in [5.41, 5.74) is 0.466. The monoisotopic (exact) mass is 437 g/mol. The zero-order chi connectivity index (χ0) is 20.9. The largest absolute Gasteiger partial charge is 0.497 e. The molecular formula is C23H19NO4S2. The number of benzene rings is 2. The fourth-order valence-corrected chi connectivity index (χ4v) is 4.88. The Morgan fingerprint density at radius 3 is 2.30 bits per heavy atom. The minimum absolute atomic E-state index is 0.178. The Balaban J connectivity index is 1.50. The van der Waals surface area contributed by atoms with E-state index in [0.717, 1.165) is 15.5 Å². The van der Waals surface area contributed by atoms with E-state index in [9.17, 15) is 9.59 Å². The van der Waals surface area contributed by atoms with E-state index in [1.54, 1.807) is 31.4 Å². The average Bonchev–Trinajstić information content (AvgIpc) is 3.38. The lowest BCUT2D eigenvalue weighted by molar-refractivity contribution is -0.136. The second kappa shape index (κ2) is 9.19. The molecule has 0 unspecified atom stereocenters. The maximum atomic E-state index is 13.1. The van der Waals surface area contributed by atoms with Gasteiger partial charge in [-0.2, -0.15) is 0 Å². The van der Waals surface area contributed by atoms with Gasteiger partial charge in [-0.15, -0.1) is 11.3 Å². The van der Waals surface area contributed by atoms with Crippen LogP contribution >= 0.6 is 23.1 Å². The van der Waals surface area contributed by atoms with Crippen molar-refractivity contribution in [3.8, 4) is 11.5 Å². The third-order valence-corrected chi connectivity index (χ3v) is 6.48. The Hall–Kier alpha value is -3.03. The Morgan fingerprint density at radius 2 is 1.63 bits per heavy atom. The lowest BCUT2D eigenvalue weighted by Gasteiger charge is -2.15. The van der Waals surface area contributed by atoms with E-state index in [4.69, 9.17) is 9.47 Å². The van der Waals surface area contributed by atoms with E-state index >= 15 is 0 Å². The second-order valence-electron chi connectivity index (χ2n) is 6.38. The number of amides is 2. The number of nitrogens with zero attached hydrogens (tertiary/aromatic N) is 1. The molecule has 30 heavy (non-hydrogen) atoms. The average molecular weight is 438 g/mol. The molecule has 0 bridgehead atoms. The van der Waals surface area contributed by atoms with Crippen LogP contribution in [-0.4, -0.2) is 37.0 Å². The molecule has 3 aromatic rings. The molecule has 0 saturated heterocycles. The summed E-state index contributed by atoms with van der Waals surface area (Å²) in [5, 5.41) is 1.90. The first-order valence-electron chi connectivity index (χ1n) is 9.31. The highest BCUT2D eigenvalue weighted by Gasteiger charge is 2.39. The summed E-state index contributed by atoms with van der Waals surface area (Å²) < 4.78 is 10.9. The molecule has 0 fully saturated rings. The van der Waals surface area contributed by atoms with Gasteiger partial charge in [0.05, 0.1) is 24.1 Å². The number of hydrogen-bond acceptors (Lipinski definition) is 6. The van der Waals surface area contributed by atoms with Gasteiger partial charge in [0.15, 0.2) is 0 Å². The minimum atomic E-state index is -0.282. The van der Waals surface area contributed by atoms with E-state index in [0.29, 0.717) is 16.2 Å². The highest BCUT2D eigenvalue weighted by atomic mass is 32.2. The van der Waals surface area contributed by atoms with Gasteiger partial charge in [0.25, 0.3) is 11.8 Å². The molecule has 2 heterocycles. The topological polar surface area (TPSA) is 55.8 Å². The molecule has 7 heteroatoms. The van der Waals surface area contributed by atoms with Gasteiger partial charge in [0, 0.05) is 9.77 Å². The Morgan fingerprint density at radius 1 is 0.900 bits per heavy atom. The van der Waals surface area contributed by atoms with Crippen molar-refractivity contribution < 1.29 is 19.1 Å². The first-order valence-corrected chi connectivity index (χ1v) is 11.0. The number of rotatable bonds is 8. The lowest BCUT2D eigenvalue weighted by atomic mass is 10.2. The number of imide groups is 1. The van der Waals surface area contributed by atoms with Crippen LogP contribution in [-0.2, 0) is 9.59 Å². The summed E-state index contributed by atoms with van der Waals surface area (Å²) in [5.74, 6) is 0.828. The molecule has 0 saturated carbocycles. The molecule has 0 radical (unpaired) electrons. The molecule has 1 aliphatic rings. The number of hydrogen-bond donors (Lipinski definition) is 0. The first-order chi connectivity index (χ1) is 14.7. The van der Waals surface area contributed by atoms with Gasteiger partial charge in [0.2, 0.25) is 0 Å². The van der Waals surface area contributed by atoms with E-state index in [1.807, 2.05) is 47.8 Å². The van der Waals surface area contributed by atoms with Crippen molar-refractivity contribution in [2.75, 3.05) is 20.3 Å².